The van der Waals surface area contributed by atoms with Crippen LogP contribution in [0, 0.1) is 12.8 Å². The molecule has 0 bridgehead atoms. The normalized spacial score (nSPS) is 22.7. The van der Waals surface area contributed by atoms with E-state index in [1.165, 1.54) is 4.31 Å². The third-order valence-corrected chi connectivity index (χ3v) is 8.29. The zero-order valence-corrected chi connectivity index (χ0v) is 20.4. The molecular weight excluding hydrogens is 440 g/mol. The van der Waals surface area contributed by atoms with Gasteiger partial charge in [-0.3, -0.25) is 4.79 Å². The molecule has 2 heterocycles. The van der Waals surface area contributed by atoms with Gasteiger partial charge < -0.3 is 14.8 Å². The van der Waals surface area contributed by atoms with Gasteiger partial charge in [-0.05, 0) is 57.9 Å². The first-order valence-corrected chi connectivity index (χ1v) is 12.8. The van der Waals surface area contributed by atoms with Crippen LogP contribution in [0.1, 0.15) is 50.3 Å². The predicted molar refractivity (Wildman–Crippen MR) is 126 cm³/mol. The number of carbonyl (C=O) groups excluding carboxylic acids is 1. The van der Waals surface area contributed by atoms with E-state index < -0.39 is 21.5 Å². The van der Waals surface area contributed by atoms with E-state index in [2.05, 4.69) is 5.32 Å². The maximum absolute atomic E-state index is 13.3. The summed E-state index contributed by atoms with van der Waals surface area (Å²) in [4.78, 5) is 13.5. The molecule has 0 unspecified atom stereocenters. The van der Waals surface area contributed by atoms with Crippen LogP contribution in [0.3, 0.4) is 0 Å². The molecule has 178 valence electrons. The number of ether oxygens (including phenoxy) is 2. The zero-order chi connectivity index (χ0) is 23.8. The lowest BCUT2D eigenvalue weighted by Crippen LogP contribution is -2.48. The Morgan fingerprint density at radius 2 is 1.91 bits per heavy atom. The summed E-state index contributed by atoms with van der Waals surface area (Å²) in [7, 11) is -2.03. The first-order valence-electron chi connectivity index (χ1n) is 11.3. The molecule has 0 radical (unpaired) electrons. The number of nitrogens with zero attached hydrogens (tertiary/aromatic N) is 1. The summed E-state index contributed by atoms with van der Waals surface area (Å²) in [6.45, 7) is 6.51. The summed E-state index contributed by atoms with van der Waals surface area (Å²) in [6, 6.07) is 12.2. The van der Waals surface area contributed by atoms with Crippen molar-refractivity contribution >= 4 is 15.9 Å². The van der Waals surface area contributed by atoms with Crippen LogP contribution in [0.15, 0.2) is 47.4 Å². The maximum atomic E-state index is 13.3. The van der Waals surface area contributed by atoms with E-state index in [4.69, 9.17) is 9.47 Å². The first kappa shape index (κ1) is 23.6. The monoisotopic (exact) mass is 472 g/mol. The highest BCUT2D eigenvalue weighted by atomic mass is 32.2. The van der Waals surface area contributed by atoms with Crippen molar-refractivity contribution in [2.75, 3.05) is 20.2 Å². The number of aryl methyl sites for hydroxylation is 1. The van der Waals surface area contributed by atoms with Crippen molar-refractivity contribution < 1.29 is 22.7 Å². The summed E-state index contributed by atoms with van der Waals surface area (Å²) in [5.74, 6) is 0.874. The third-order valence-electron chi connectivity index (χ3n) is 6.41. The summed E-state index contributed by atoms with van der Waals surface area (Å²) < 4.78 is 39.1. The number of amides is 1. The SMILES string of the molecule is COc1ccc2c(c1)OC(C)(C)C[C@@H]2NC(=O)[C@H]1CCCN(S(=O)(=O)c2ccc(C)cc2)C1. The minimum atomic E-state index is -3.63. The van der Waals surface area contributed by atoms with Gasteiger partial charge in [-0.15, -0.1) is 0 Å². The molecule has 2 aliphatic rings. The molecule has 0 saturated carbocycles. The van der Waals surface area contributed by atoms with E-state index in [0.717, 1.165) is 11.1 Å². The van der Waals surface area contributed by atoms with E-state index in [1.54, 1.807) is 31.4 Å². The number of sulfonamides is 1. The second-order valence-electron chi connectivity index (χ2n) is 9.55. The molecule has 2 atom stereocenters. The van der Waals surface area contributed by atoms with Crippen molar-refractivity contribution in [2.45, 2.75) is 56.6 Å². The van der Waals surface area contributed by atoms with E-state index in [9.17, 15) is 13.2 Å². The Morgan fingerprint density at radius 1 is 1.18 bits per heavy atom. The molecule has 1 N–H and O–H groups in total. The molecule has 1 fully saturated rings. The molecule has 0 aliphatic carbocycles. The molecule has 2 aromatic rings. The smallest absolute Gasteiger partial charge is 0.243 e. The molecule has 2 aromatic carbocycles. The molecule has 7 nitrogen and oxygen atoms in total. The van der Waals surface area contributed by atoms with Crippen LogP contribution in [-0.2, 0) is 14.8 Å². The molecule has 4 rings (SSSR count). The van der Waals surface area contributed by atoms with E-state index in [-0.39, 0.29) is 23.4 Å². The fourth-order valence-corrected chi connectivity index (χ4v) is 6.14. The number of piperidine rings is 1. The number of hydrogen-bond acceptors (Lipinski definition) is 5. The lowest BCUT2D eigenvalue weighted by molar-refractivity contribution is -0.127. The van der Waals surface area contributed by atoms with E-state index in [0.29, 0.717) is 37.3 Å². The van der Waals surface area contributed by atoms with Crippen molar-refractivity contribution in [3.63, 3.8) is 0 Å². The van der Waals surface area contributed by atoms with Gasteiger partial charge in [-0.2, -0.15) is 4.31 Å². The third kappa shape index (κ3) is 5.01. The zero-order valence-electron chi connectivity index (χ0n) is 19.6. The number of nitrogens with one attached hydrogen (secondary N) is 1. The molecule has 33 heavy (non-hydrogen) atoms. The van der Waals surface area contributed by atoms with Crippen molar-refractivity contribution in [3.05, 3.63) is 53.6 Å². The highest BCUT2D eigenvalue weighted by Crippen LogP contribution is 2.41. The second-order valence-corrected chi connectivity index (χ2v) is 11.5. The molecule has 2 aliphatic heterocycles. The number of hydrogen-bond donors (Lipinski definition) is 1. The van der Waals surface area contributed by atoms with Gasteiger partial charge in [0.15, 0.2) is 0 Å². The number of rotatable bonds is 5. The van der Waals surface area contributed by atoms with E-state index in [1.807, 2.05) is 39.0 Å². The van der Waals surface area contributed by atoms with Gasteiger partial charge >= 0.3 is 0 Å². The fourth-order valence-electron chi connectivity index (χ4n) is 4.61. The van der Waals surface area contributed by atoms with Gasteiger partial charge in [0.05, 0.1) is 24.0 Å². The largest absolute Gasteiger partial charge is 0.497 e. The average Bonchev–Trinajstić information content (AvgIpc) is 2.78. The Bertz CT molecular complexity index is 1130. The van der Waals surface area contributed by atoms with Crippen molar-refractivity contribution in [2.24, 2.45) is 5.92 Å². The molecule has 0 spiro atoms. The Balaban J connectivity index is 1.50. The highest BCUT2D eigenvalue weighted by Gasteiger charge is 2.38. The highest BCUT2D eigenvalue weighted by molar-refractivity contribution is 7.89. The summed E-state index contributed by atoms with van der Waals surface area (Å²) in [6.07, 6.45) is 1.93. The molecule has 1 saturated heterocycles. The van der Waals surface area contributed by atoms with Gasteiger partial charge in [-0.1, -0.05) is 17.7 Å². The second kappa shape index (κ2) is 8.99. The number of benzene rings is 2. The number of methoxy groups -OCH3 is 1. The summed E-state index contributed by atoms with van der Waals surface area (Å²) in [5, 5.41) is 3.18. The standard InChI is InChI=1S/C25H32N2O5S/c1-17-7-10-20(11-8-17)33(29,30)27-13-5-6-18(16-27)24(28)26-22-15-25(2,3)32-23-14-19(31-4)9-12-21(22)23/h7-12,14,18,22H,5-6,13,15-16H2,1-4H3,(H,26,28)/t18-,22-/m0/s1. The van der Waals surface area contributed by atoms with Gasteiger partial charge in [0.1, 0.15) is 17.1 Å². The molecule has 0 aromatic heterocycles. The molecule has 8 heteroatoms. The van der Waals surface area contributed by atoms with Crippen LogP contribution in [-0.4, -0.2) is 44.4 Å². The number of fused-ring (bicyclic) bond motifs is 1. The Morgan fingerprint density at radius 3 is 2.61 bits per heavy atom. The minimum Gasteiger partial charge on any atom is -0.497 e. The predicted octanol–water partition coefficient (Wildman–Crippen LogP) is 3.82. The molecule has 1 amide bonds. The lowest BCUT2D eigenvalue weighted by Gasteiger charge is -2.39. The van der Waals surface area contributed by atoms with Crippen molar-refractivity contribution in [3.8, 4) is 11.5 Å². The van der Waals surface area contributed by atoms with Crippen LogP contribution < -0.4 is 14.8 Å². The van der Waals surface area contributed by atoms with Gasteiger partial charge in [-0.25, -0.2) is 8.42 Å². The van der Waals surface area contributed by atoms with Crippen LogP contribution >= 0.6 is 0 Å². The summed E-state index contributed by atoms with van der Waals surface area (Å²) in [5.41, 5.74) is 1.45. The first-order chi connectivity index (χ1) is 15.6. The minimum absolute atomic E-state index is 0.122. The van der Waals surface area contributed by atoms with E-state index >= 15 is 0 Å². The lowest BCUT2D eigenvalue weighted by atomic mass is 9.88. The Hall–Kier alpha value is -2.58. The van der Waals surface area contributed by atoms with Gasteiger partial charge in [0, 0.05) is 31.1 Å². The number of carbonyl (C=O) groups is 1. The quantitative estimate of drug-likeness (QED) is 0.715. The van der Waals surface area contributed by atoms with Crippen molar-refractivity contribution in [1.29, 1.82) is 0 Å². The van der Waals surface area contributed by atoms with Crippen molar-refractivity contribution in [1.82, 2.24) is 9.62 Å². The van der Waals surface area contributed by atoms with Crippen LogP contribution in [0.25, 0.3) is 0 Å². The maximum Gasteiger partial charge on any atom is 0.243 e. The fraction of sp³-hybridized carbons (Fsp3) is 0.480. The topological polar surface area (TPSA) is 84.9 Å². The Labute approximate surface area is 196 Å². The molecular formula is C25H32N2O5S. The Kier molecular flexibility index (Phi) is 6.42. The van der Waals surface area contributed by atoms with Crippen LogP contribution in [0.4, 0.5) is 0 Å². The summed E-state index contributed by atoms with van der Waals surface area (Å²) >= 11 is 0. The van der Waals surface area contributed by atoms with Gasteiger partial charge in [0.25, 0.3) is 0 Å². The van der Waals surface area contributed by atoms with Gasteiger partial charge in [0.2, 0.25) is 15.9 Å². The van der Waals surface area contributed by atoms with Crippen LogP contribution in [0.2, 0.25) is 0 Å². The average molecular weight is 473 g/mol. The van der Waals surface area contributed by atoms with Crippen LogP contribution in [0.5, 0.6) is 11.5 Å².